The Labute approximate surface area is 349 Å². The molecule has 0 amide bonds. The zero-order valence-electron chi connectivity index (χ0n) is 30.0. The molecule has 6 aromatic carbocycles. The summed E-state index contributed by atoms with van der Waals surface area (Å²) in [5, 5.41) is 60.8. The van der Waals surface area contributed by atoms with Crippen LogP contribution >= 0.6 is 34.8 Å². The summed E-state index contributed by atoms with van der Waals surface area (Å²) >= 11 is 18.3. The van der Waals surface area contributed by atoms with Crippen LogP contribution in [0.25, 0.3) is 50.2 Å². The number of aromatic nitrogens is 12. The molecule has 10 rings (SSSR count). The third-order valence-corrected chi connectivity index (χ3v) is 9.42. The van der Waals surface area contributed by atoms with Gasteiger partial charge in [0.25, 0.3) is 0 Å². The van der Waals surface area contributed by atoms with E-state index in [4.69, 9.17) is 49.0 Å². The molecule has 0 unspecified atom stereocenters. The number of ether oxygens (including phenoxy) is 3. The highest BCUT2D eigenvalue weighted by Gasteiger charge is 2.18. The molecule has 0 aliphatic carbocycles. The molecule has 0 fully saturated rings. The van der Waals surface area contributed by atoms with Crippen molar-refractivity contribution in [3.8, 4) is 69.6 Å². The zero-order valence-corrected chi connectivity index (χ0v) is 32.2. The predicted molar refractivity (Wildman–Crippen MR) is 217 cm³/mol. The molecule has 0 radical (unpaired) electrons. The fourth-order valence-electron chi connectivity index (χ4n) is 5.97. The second kappa shape index (κ2) is 14.5. The predicted octanol–water partition coefficient (Wildman–Crippen LogP) is 8.53. The lowest BCUT2D eigenvalue weighted by molar-refractivity contribution is 0.359. The van der Waals surface area contributed by atoms with E-state index in [0.29, 0.717) is 48.2 Å². The molecular weight excluding hydrogens is 839 g/mol. The van der Waals surface area contributed by atoms with Crippen LogP contribution in [-0.4, -0.2) is 75.3 Å². The van der Waals surface area contributed by atoms with Crippen LogP contribution in [0.1, 0.15) is 0 Å². The Hall–Kier alpha value is -7.80. The molecule has 294 valence electrons. The van der Waals surface area contributed by atoms with E-state index in [2.05, 4.69) is 45.5 Å². The van der Waals surface area contributed by atoms with Crippen molar-refractivity contribution in [2.24, 2.45) is 0 Å². The molecule has 3 N–H and O–H groups in total. The van der Waals surface area contributed by atoms with Gasteiger partial charge in [0.2, 0.25) is 0 Å². The molecule has 0 saturated heterocycles. The summed E-state index contributed by atoms with van der Waals surface area (Å²) in [7, 11) is 0. The average Bonchev–Trinajstić information content (AvgIpc) is 3.94. The molecule has 60 heavy (non-hydrogen) atoms. The van der Waals surface area contributed by atoms with Gasteiger partial charge in [0.05, 0.1) is 0 Å². The maximum atomic E-state index is 11.0. The van der Waals surface area contributed by atoms with Gasteiger partial charge in [-0.25, -0.2) is 0 Å². The lowest BCUT2D eigenvalue weighted by Gasteiger charge is -2.11. The smallest absolute Gasteiger partial charge is 0.331 e. The van der Waals surface area contributed by atoms with E-state index in [1.165, 1.54) is 69.0 Å². The van der Waals surface area contributed by atoms with E-state index in [1.54, 1.807) is 54.6 Å². The number of hydrogen-bond acceptors (Lipinski definition) is 15. The van der Waals surface area contributed by atoms with Crippen LogP contribution in [0.15, 0.2) is 109 Å². The summed E-state index contributed by atoms with van der Waals surface area (Å²) in [6, 6.07) is 27.4. The Morgan fingerprint density at radius 2 is 0.633 bits per heavy atom. The van der Waals surface area contributed by atoms with Crippen molar-refractivity contribution in [2.75, 3.05) is 0 Å². The van der Waals surface area contributed by atoms with Gasteiger partial charge in [0.1, 0.15) is 84.7 Å². The monoisotopic (exact) mass is 858 g/mol. The molecule has 0 aliphatic heterocycles. The molecule has 0 bridgehead atoms. The minimum atomic E-state index is -0.307. The van der Waals surface area contributed by atoms with E-state index >= 15 is 0 Å². The molecule has 10 aromatic rings. The number of benzene rings is 6. The van der Waals surface area contributed by atoms with Crippen LogP contribution in [0.4, 0.5) is 0 Å². The Kier molecular flexibility index (Phi) is 8.85. The van der Waals surface area contributed by atoms with Crippen molar-refractivity contribution < 1.29 is 29.5 Å². The fraction of sp³-hybridized carbons (Fsp3) is 0. The van der Waals surface area contributed by atoms with Gasteiger partial charge in [0, 0.05) is 33.3 Å². The van der Waals surface area contributed by atoms with Crippen LogP contribution in [0.3, 0.4) is 0 Å². The van der Waals surface area contributed by atoms with Crippen molar-refractivity contribution in [2.45, 2.75) is 0 Å². The first-order valence-electron chi connectivity index (χ1n) is 17.4. The Balaban J connectivity index is 0.955. The first kappa shape index (κ1) is 36.5. The summed E-state index contributed by atoms with van der Waals surface area (Å²) in [4.78, 5) is 16.7. The van der Waals surface area contributed by atoms with Gasteiger partial charge in [-0.05, 0) is 91.0 Å². The first-order valence-corrected chi connectivity index (χ1v) is 18.6. The van der Waals surface area contributed by atoms with Crippen molar-refractivity contribution in [3.05, 3.63) is 124 Å². The number of hydrogen-bond donors (Lipinski definition) is 3. The third kappa shape index (κ3) is 7.17. The summed E-state index contributed by atoms with van der Waals surface area (Å²) in [6.45, 7) is 0. The molecule has 4 heterocycles. The largest absolute Gasteiger partial charge is 0.505 e. The molecule has 0 spiro atoms. The van der Waals surface area contributed by atoms with E-state index in [1.807, 2.05) is 0 Å². The summed E-state index contributed by atoms with van der Waals surface area (Å²) in [5.41, 5.74) is 4.10. The number of rotatable bonds is 9. The average molecular weight is 860 g/mol. The normalized spacial score (nSPS) is 11.4. The lowest BCUT2D eigenvalue weighted by Crippen LogP contribution is -2.03. The number of phenolic OH excluding ortho intramolecular Hbond substituents is 3. The summed E-state index contributed by atoms with van der Waals surface area (Å²) < 4.78 is 17.9. The van der Waals surface area contributed by atoms with Crippen LogP contribution in [-0.2, 0) is 0 Å². The topological polar surface area (TPSA) is 219 Å². The maximum absolute atomic E-state index is 11.0. The molecule has 18 nitrogen and oxygen atoms in total. The van der Waals surface area contributed by atoms with Crippen molar-refractivity contribution in [1.29, 1.82) is 0 Å². The number of aromatic hydroxyl groups is 3. The first-order chi connectivity index (χ1) is 29.1. The van der Waals surface area contributed by atoms with Crippen molar-refractivity contribution >= 4 is 67.9 Å². The number of nitrogens with zero attached hydrogens (tertiary/aromatic N) is 12. The minimum Gasteiger partial charge on any atom is -0.505 e. The molecule has 0 aliphatic rings. The molecular formula is C39H21Cl3N12O6. The second-order valence-electron chi connectivity index (χ2n) is 12.8. The van der Waals surface area contributed by atoms with Crippen LogP contribution in [0.5, 0.6) is 52.5 Å². The molecule has 0 saturated carbocycles. The zero-order chi connectivity index (χ0) is 41.1. The molecule has 0 atom stereocenters. The SMILES string of the molecule is Oc1cc(Oc2nc(Oc3ccc(-n4nc5ccc(Cl)cc5n4)c(O)c3)nc(Oc3ccc(-n4nc5ccc(Cl)cc5n4)c(O)c3)n2)ccc1-n1nc2ccc(Cl)cc2n1. The standard InChI is InChI=1S/C39H21Cl3N12O6/c40-19-1-7-25-28(13-19)49-52(46-25)31-10-4-22(16-34(31)55)58-37-43-38(59-23-5-11-32(35(56)17-23)53-47-26-8-2-20(41)14-29(26)50-53)45-39(44-37)60-24-6-12-33(36(57)18-24)54-48-27-9-3-21(42)15-30(27)51-54/h1-18,55-57H. The Morgan fingerprint density at radius 1 is 0.350 bits per heavy atom. The number of halogens is 3. The van der Waals surface area contributed by atoms with Gasteiger partial charge in [-0.15, -0.1) is 59.9 Å². The Morgan fingerprint density at radius 3 is 0.917 bits per heavy atom. The van der Waals surface area contributed by atoms with Crippen molar-refractivity contribution in [3.63, 3.8) is 0 Å². The van der Waals surface area contributed by atoms with Crippen molar-refractivity contribution in [1.82, 2.24) is 59.9 Å². The van der Waals surface area contributed by atoms with Gasteiger partial charge in [-0.1, -0.05) is 34.8 Å². The highest BCUT2D eigenvalue weighted by Crippen LogP contribution is 2.35. The second-order valence-corrected chi connectivity index (χ2v) is 14.1. The van der Waals surface area contributed by atoms with Gasteiger partial charge in [0.15, 0.2) is 0 Å². The van der Waals surface area contributed by atoms with Gasteiger partial charge in [-0.2, -0.15) is 0 Å². The molecule has 4 aromatic heterocycles. The fourth-order valence-corrected chi connectivity index (χ4v) is 6.47. The quantitative estimate of drug-likeness (QED) is 0.124. The van der Waals surface area contributed by atoms with E-state index in [-0.39, 0.29) is 69.6 Å². The summed E-state index contributed by atoms with van der Waals surface area (Å²) in [6.07, 6.45) is 0. The number of phenols is 3. The highest BCUT2D eigenvalue weighted by atomic mass is 35.5. The maximum Gasteiger partial charge on any atom is 0.331 e. The number of fused-ring (bicyclic) bond motifs is 3. The van der Waals surface area contributed by atoms with Crippen LogP contribution in [0, 0.1) is 0 Å². The van der Waals surface area contributed by atoms with E-state index < -0.39 is 0 Å². The van der Waals surface area contributed by atoms with Crippen LogP contribution in [0.2, 0.25) is 15.1 Å². The Bertz CT molecular complexity index is 2960. The van der Waals surface area contributed by atoms with Gasteiger partial charge in [-0.3, -0.25) is 0 Å². The van der Waals surface area contributed by atoms with Crippen LogP contribution < -0.4 is 14.2 Å². The lowest BCUT2D eigenvalue weighted by atomic mass is 10.3. The third-order valence-electron chi connectivity index (χ3n) is 8.72. The minimum absolute atomic E-state index is 0.115. The van der Waals surface area contributed by atoms with Gasteiger partial charge >= 0.3 is 18.0 Å². The van der Waals surface area contributed by atoms with E-state index in [9.17, 15) is 15.3 Å². The molecule has 21 heteroatoms. The highest BCUT2D eigenvalue weighted by molar-refractivity contribution is 6.31. The van der Waals surface area contributed by atoms with E-state index in [0.717, 1.165) is 0 Å². The summed E-state index contributed by atoms with van der Waals surface area (Å²) in [5.74, 6) is -0.330. The van der Waals surface area contributed by atoms with Gasteiger partial charge < -0.3 is 29.5 Å².